The molecule has 0 bridgehead atoms. The molecule has 1 aromatic heterocycles. The van der Waals surface area contributed by atoms with Gasteiger partial charge in [0.1, 0.15) is 5.75 Å². The van der Waals surface area contributed by atoms with Crippen LogP contribution in [-0.4, -0.2) is 42.4 Å². The fourth-order valence-corrected chi connectivity index (χ4v) is 2.63. The van der Waals surface area contributed by atoms with Crippen LogP contribution in [0.4, 0.5) is 0 Å². The van der Waals surface area contributed by atoms with Crippen LogP contribution in [0.25, 0.3) is 11.4 Å². The van der Waals surface area contributed by atoms with Crippen molar-refractivity contribution in [1.29, 1.82) is 0 Å². The molecule has 8 heteroatoms. The average Bonchev–Trinajstić information content (AvgIpc) is 3.06. The summed E-state index contributed by atoms with van der Waals surface area (Å²) in [7, 11) is 4.73. The van der Waals surface area contributed by atoms with E-state index in [0.717, 1.165) is 5.56 Å². The lowest BCUT2D eigenvalue weighted by atomic mass is 10.2. The van der Waals surface area contributed by atoms with Gasteiger partial charge in [0, 0.05) is 17.2 Å². The number of rotatable bonds is 6. The minimum atomic E-state index is 0.388. The Balaban J connectivity index is 2.04. The van der Waals surface area contributed by atoms with E-state index >= 15 is 0 Å². The lowest BCUT2D eigenvalue weighted by Crippen LogP contribution is -1.99. The van der Waals surface area contributed by atoms with Crippen LogP contribution in [0.3, 0.4) is 0 Å². The minimum absolute atomic E-state index is 0.388. The number of benzene rings is 2. The summed E-state index contributed by atoms with van der Waals surface area (Å²) in [6.45, 7) is 0. The first-order valence-corrected chi connectivity index (χ1v) is 8.16. The van der Waals surface area contributed by atoms with Gasteiger partial charge in [-0.15, -0.1) is 0 Å². The zero-order chi connectivity index (χ0) is 18.5. The quantitative estimate of drug-likeness (QED) is 0.531. The lowest BCUT2D eigenvalue weighted by molar-refractivity contribution is 0.349. The number of H-pyrrole nitrogens is 1. The summed E-state index contributed by atoms with van der Waals surface area (Å²) in [5.41, 5.74) is 1.61. The highest BCUT2D eigenvalue weighted by molar-refractivity contribution is 7.71. The zero-order valence-electron chi connectivity index (χ0n) is 14.6. The summed E-state index contributed by atoms with van der Waals surface area (Å²) in [5.74, 6) is 2.37. The normalized spacial score (nSPS) is 10.9. The van der Waals surface area contributed by atoms with Crippen LogP contribution in [0.2, 0.25) is 0 Å². The Morgan fingerprint density at radius 1 is 1.00 bits per heavy atom. The van der Waals surface area contributed by atoms with E-state index in [4.69, 9.17) is 26.4 Å². The Morgan fingerprint density at radius 3 is 2.31 bits per heavy atom. The Hall–Kier alpha value is -3.13. The van der Waals surface area contributed by atoms with E-state index in [9.17, 15) is 0 Å². The highest BCUT2D eigenvalue weighted by atomic mass is 32.1. The van der Waals surface area contributed by atoms with Crippen molar-refractivity contribution in [3.05, 3.63) is 52.8 Å². The van der Waals surface area contributed by atoms with E-state index in [-0.39, 0.29) is 0 Å². The van der Waals surface area contributed by atoms with Gasteiger partial charge in [-0.3, -0.25) is 0 Å². The van der Waals surface area contributed by atoms with Gasteiger partial charge in [-0.1, -0.05) is 30.3 Å². The van der Waals surface area contributed by atoms with E-state index in [1.807, 2.05) is 30.3 Å². The van der Waals surface area contributed by atoms with Gasteiger partial charge in [0.25, 0.3) is 0 Å². The molecule has 0 fully saturated rings. The van der Waals surface area contributed by atoms with Crippen LogP contribution in [-0.2, 0) is 0 Å². The van der Waals surface area contributed by atoms with Gasteiger partial charge in [-0.2, -0.15) is 14.9 Å². The molecule has 2 aromatic carbocycles. The molecule has 134 valence electrons. The molecule has 0 spiro atoms. The molecule has 0 aliphatic heterocycles. The molecule has 7 nitrogen and oxygen atoms in total. The number of methoxy groups -OCH3 is 3. The van der Waals surface area contributed by atoms with Crippen molar-refractivity contribution in [3.8, 4) is 28.6 Å². The third-order valence-corrected chi connectivity index (χ3v) is 3.99. The van der Waals surface area contributed by atoms with Crippen LogP contribution < -0.4 is 14.2 Å². The molecule has 0 saturated heterocycles. The Bertz CT molecular complexity index is 980. The molecule has 26 heavy (non-hydrogen) atoms. The molecule has 0 aliphatic carbocycles. The van der Waals surface area contributed by atoms with E-state index in [2.05, 4.69) is 15.3 Å². The van der Waals surface area contributed by atoms with E-state index in [1.54, 1.807) is 44.4 Å². The molecule has 1 heterocycles. The van der Waals surface area contributed by atoms with Crippen molar-refractivity contribution in [2.24, 2.45) is 5.10 Å². The third kappa shape index (κ3) is 3.45. The van der Waals surface area contributed by atoms with Crippen molar-refractivity contribution >= 4 is 18.4 Å². The van der Waals surface area contributed by atoms with Crippen LogP contribution >= 0.6 is 12.2 Å². The first kappa shape index (κ1) is 17.7. The topological polar surface area (TPSA) is 73.7 Å². The summed E-state index contributed by atoms with van der Waals surface area (Å²) in [6.07, 6.45) is 1.64. The fourth-order valence-electron chi connectivity index (χ4n) is 2.45. The maximum atomic E-state index is 5.42. The summed E-state index contributed by atoms with van der Waals surface area (Å²) in [6, 6.07) is 13.2. The summed E-state index contributed by atoms with van der Waals surface area (Å²) in [4.78, 5) is 0. The second-order valence-corrected chi connectivity index (χ2v) is 5.61. The second-order valence-electron chi connectivity index (χ2n) is 5.22. The number of aromatic nitrogens is 3. The number of hydrogen-bond acceptors (Lipinski definition) is 6. The van der Waals surface area contributed by atoms with Gasteiger partial charge < -0.3 is 14.2 Å². The molecular formula is C18H18N4O3S. The van der Waals surface area contributed by atoms with Gasteiger partial charge in [0.2, 0.25) is 4.77 Å². The van der Waals surface area contributed by atoms with Gasteiger partial charge in [-0.05, 0) is 18.3 Å². The van der Waals surface area contributed by atoms with Crippen molar-refractivity contribution in [3.63, 3.8) is 0 Å². The molecule has 0 aliphatic rings. The molecule has 1 N–H and O–H groups in total. The first-order valence-electron chi connectivity index (χ1n) is 7.75. The first-order chi connectivity index (χ1) is 12.7. The smallest absolute Gasteiger partial charge is 0.216 e. The molecule has 0 amide bonds. The fraction of sp³-hybridized carbons (Fsp3) is 0.167. The largest absolute Gasteiger partial charge is 0.496 e. The Kier molecular flexibility index (Phi) is 5.33. The summed E-state index contributed by atoms with van der Waals surface area (Å²) in [5, 5.41) is 11.5. The van der Waals surface area contributed by atoms with Crippen molar-refractivity contribution in [2.45, 2.75) is 0 Å². The summed E-state index contributed by atoms with van der Waals surface area (Å²) >= 11 is 5.29. The van der Waals surface area contributed by atoms with E-state index < -0.39 is 0 Å². The van der Waals surface area contributed by atoms with Crippen LogP contribution in [0.5, 0.6) is 17.2 Å². The van der Waals surface area contributed by atoms with Gasteiger partial charge in [0.05, 0.1) is 27.5 Å². The highest BCUT2D eigenvalue weighted by Crippen LogP contribution is 2.33. The lowest BCUT2D eigenvalue weighted by Gasteiger charge is -2.11. The Labute approximate surface area is 155 Å². The maximum Gasteiger partial charge on any atom is 0.216 e. The van der Waals surface area contributed by atoms with Crippen molar-refractivity contribution in [2.75, 3.05) is 21.3 Å². The number of nitrogens with one attached hydrogen (secondary N) is 1. The number of nitrogens with zero attached hydrogens (tertiary/aromatic N) is 3. The highest BCUT2D eigenvalue weighted by Gasteiger charge is 2.12. The number of ether oxygens (including phenoxy) is 3. The Morgan fingerprint density at radius 2 is 1.65 bits per heavy atom. The monoisotopic (exact) mass is 370 g/mol. The number of hydrogen-bond donors (Lipinski definition) is 1. The number of aromatic amines is 1. The zero-order valence-corrected chi connectivity index (χ0v) is 15.4. The molecule has 3 aromatic rings. The van der Waals surface area contributed by atoms with Gasteiger partial charge in [-0.25, -0.2) is 5.10 Å². The maximum absolute atomic E-state index is 5.42. The standard InChI is InChI=1S/C18H18N4O3S/c1-23-14-10-16(25-3)15(24-2)9-13(14)11-19-22-17(20-21-18(22)26)12-7-5-4-6-8-12/h4-11H,1-3H3,(H,21,26)/b19-11-. The van der Waals surface area contributed by atoms with Gasteiger partial charge in [0.15, 0.2) is 17.3 Å². The molecule has 0 unspecified atom stereocenters. The SMILES string of the molecule is COc1cc(OC)c(OC)cc1/C=N\n1c(-c2ccccc2)n[nH]c1=S. The summed E-state index contributed by atoms with van der Waals surface area (Å²) < 4.78 is 18.0. The predicted molar refractivity (Wildman–Crippen MR) is 102 cm³/mol. The van der Waals surface area contributed by atoms with Crippen LogP contribution in [0, 0.1) is 4.77 Å². The van der Waals surface area contributed by atoms with Crippen LogP contribution in [0.1, 0.15) is 5.56 Å². The van der Waals surface area contributed by atoms with Crippen molar-refractivity contribution in [1.82, 2.24) is 14.9 Å². The molecule has 0 atom stereocenters. The molecule has 3 rings (SSSR count). The molecular weight excluding hydrogens is 352 g/mol. The van der Waals surface area contributed by atoms with Crippen molar-refractivity contribution < 1.29 is 14.2 Å². The third-order valence-electron chi connectivity index (χ3n) is 3.73. The van der Waals surface area contributed by atoms with E-state index in [0.29, 0.717) is 33.4 Å². The minimum Gasteiger partial charge on any atom is -0.496 e. The second kappa shape index (κ2) is 7.83. The van der Waals surface area contributed by atoms with E-state index in [1.165, 1.54) is 0 Å². The van der Waals surface area contributed by atoms with Crippen LogP contribution in [0.15, 0.2) is 47.6 Å². The van der Waals surface area contributed by atoms with Gasteiger partial charge >= 0.3 is 0 Å². The average molecular weight is 370 g/mol. The molecule has 0 saturated carbocycles. The molecule has 0 radical (unpaired) electrons. The predicted octanol–water partition coefficient (Wildman–Crippen LogP) is 3.52.